The summed E-state index contributed by atoms with van der Waals surface area (Å²) in [5.41, 5.74) is 9.43. The largest absolute Gasteiger partial charge is 0.362 e. The number of nitrogens with one attached hydrogen (secondary N) is 1. The maximum absolute atomic E-state index is 13.1. The smallest absolute Gasteiger partial charge is 0.255 e. The first-order valence-corrected chi connectivity index (χ1v) is 12.2. The average molecular weight is 442 g/mol. The molecule has 1 atom stereocenters. The van der Waals surface area contributed by atoms with Crippen LogP contribution in [0.15, 0.2) is 61.0 Å². The summed E-state index contributed by atoms with van der Waals surface area (Å²) in [5.74, 6) is 0.713. The molecule has 0 radical (unpaired) electrons. The van der Waals surface area contributed by atoms with Crippen LogP contribution in [0.3, 0.4) is 0 Å². The van der Waals surface area contributed by atoms with E-state index in [4.69, 9.17) is 0 Å². The molecule has 1 unspecified atom stereocenters. The summed E-state index contributed by atoms with van der Waals surface area (Å²) in [5, 5.41) is 3.26. The minimum absolute atomic E-state index is 0.0485. The third-order valence-electron chi connectivity index (χ3n) is 7.54. The lowest BCUT2D eigenvalue weighted by Gasteiger charge is -2.34. The van der Waals surface area contributed by atoms with Crippen molar-refractivity contribution in [3.8, 4) is 0 Å². The Bertz CT molecular complexity index is 1090. The predicted molar refractivity (Wildman–Crippen MR) is 134 cm³/mol. The molecule has 0 bridgehead atoms. The molecule has 3 heterocycles. The van der Waals surface area contributed by atoms with Gasteiger partial charge in [0.25, 0.3) is 5.91 Å². The molecule has 3 aliphatic heterocycles. The molecule has 172 valence electrons. The lowest BCUT2D eigenvalue weighted by Crippen LogP contribution is -2.43. The van der Waals surface area contributed by atoms with Crippen molar-refractivity contribution in [3.05, 3.63) is 94.3 Å². The van der Waals surface area contributed by atoms with E-state index < -0.39 is 0 Å². The summed E-state index contributed by atoms with van der Waals surface area (Å²) in [4.78, 5) is 17.7. The molecule has 0 aliphatic carbocycles. The first-order valence-electron chi connectivity index (χ1n) is 12.2. The number of allylic oxidation sites excluding steroid dienone is 1. The highest BCUT2D eigenvalue weighted by molar-refractivity contribution is 5.98. The molecule has 4 heteroatoms. The van der Waals surface area contributed by atoms with Crippen molar-refractivity contribution in [2.75, 3.05) is 13.1 Å². The summed E-state index contributed by atoms with van der Waals surface area (Å²) in [7, 11) is 0. The molecule has 1 amide bonds. The number of nitrogens with zero attached hydrogens (tertiary/aromatic N) is 2. The summed E-state index contributed by atoms with van der Waals surface area (Å²) in [6.07, 6.45) is 4.13. The number of aryl methyl sites for hydroxylation is 2. The minimum Gasteiger partial charge on any atom is -0.362 e. The van der Waals surface area contributed by atoms with Crippen molar-refractivity contribution in [3.63, 3.8) is 0 Å². The van der Waals surface area contributed by atoms with Crippen LogP contribution in [-0.2, 0) is 13.1 Å². The number of carbonyl (C=O) groups is 1. The van der Waals surface area contributed by atoms with Crippen LogP contribution in [0, 0.1) is 13.8 Å². The van der Waals surface area contributed by atoms with E-state index in [0.29, 0.717) is 12.5 Å². The quantitative estimate of drug-likeness (QED) is 0.688. The van der Waals surface area contributed by atoms with Crippen LogP contribution in [0.4, 0.5) is 0 Å². The standard InChI is InChI=1S/C29H35N3O/c1-19-13-20(2)15-23(14-19)17-31-11-9-24(10-12-31)25-6-7-27-26(16-25)18-32(29(27)33)28-8-5-21(3)30-22(28)4/h6-7,13-16,24,28,30H,3-5,8-12,17-18H2,1-2H3. The Morgan fingerprint density at radius 1 is 1.00 bits per heavy atom. The molecule has 0 saturated carbocycles. The van der Waals surface area contributed by atoms with Gasteiger partial charge in [0.1, 0.15) is 0 Å². The number of rotatable bonds is 4. The molecule has 2 fully saturated rings. The van der Waals surface area contributed by atoms with E-state index in [9.17, 15) is 4.79 Å². The van der Waals surface area contributed by atoms with E-state index in [2.05, 4.69) is 73.6 Å². The van der Waals surface area contributed by atoms with Crippen LogP contribution >= 0.6 is 0 Å². The van der Waals surface area contributed by atoms with Gasteiger partial charge in [0.15, 0.2) is 0 Å². The Labute approximate surface area is 198 Å². The van der Waals surface area contributed by atoms with Gasteiger partial charge in [-0.1, -0.05) is 54.6 Å². The van der Waals surface area contributed by atoms with Crippen LogP contribution in [0.5, 0.6) is 0 Å². The zero-order chi connectivity index (χ0) is 23.1. The Hall–Kier alpha value is -2.85. The van der Waals surface area contributed by atoms with Gasteiger partial charge in [-0.2, -0.15) is 0 Å². The van der Waals surface area contributed by atoms with Gasteiger partial charge in [0, 0.05) is 30.0 Å². The van der Waals surface area contributed by atoms with E-state index >= 15 is 0 Å². The van der Waals surface area contributed by atoms with Gasteiger partial charge in [0.05, 0.1) is 6.04 Å². The average Bonchev–Trinajstić information content (AvgIpc) is 3.09. The van der Waals surface area contributed by atoms with Gasteiger partial charge < -0.3 is 10.2 Å². The monoisotopic (exact) mass is 441 g/mol. The molecule has 2 saturated heterocycles. The van der Waals surface area contributed by atoms with Crippen LogP contribution in [-0.4, -0.2) is 34.8 Å². The van der Waals surface area contributed by atoms with Gasteiger partial charge in [-0.3, -0.25) is 9.69 Å². The lowest BCUT2D eigenvalue weighted by molar-refractivity contribution is 0.0711. The number of amides is 1. The Morgan fingerprint density at radius 2 is 1.73 bits per heavy atom. The molecule has 2 aromatic carbocycles. The number of likely N-dealkylation sites (tertiary alicyclic amines) is 1. The van der Waals surface area contributed by atoms with Crippen LogP contribution < -0.4 is 5.32 Å². The summed E-state index contributed by atoms with van der Waals surface area (Å²) < 4.78 is 0. The Kier molecular flexibility index (Phi) is 5.88. The summed E-state index contributed by atoms with van der Waals surface area (Å²) >= 11 is 0. The molecule has 4 nitrogen and oxygen atoms in total. The second-order valence-corrected chi connectivity index (χ2v) is 10.2. The van der Waals surface area contributed by atoms with Crippen molar-refractivity contribution in [2.45, 2.75) is 64.6 Å². The molecule has 1 N–H and O–H groups in total. The normalized spacial score (nSPS) is 21.9. The number of hydrogen-bond acceptors (Lipinski definition) is 3. The number of benzene rings is 2. The second-order valence-electron chi connectivity index (χ2n) is 10.2. The first kappa shape index (κ1) is 22.0. The molecular formula is C29H35N3O. The number of fused-ring (bicyclic) bond motifs is 1. The number of piperidine rings is 2. The van der Waals surface area contributed by atoms with Gasteiger partial charge in [-0.15, -0.1) is 0 Å². The highest BCUT2D eigenvalue weighted by atomic mass is 16.2. The van der Waals surface area contributed by atoms with E-state index in [1.165, 1.54) is 40.7 Å². The number of hydrogen-bond donors (Lipinski definition) is 1. The molecule has 0 aromatic heterocycles. The maximum Gasteiger partial charge on any atom is 0.255 e. The third kappa shape index (κ3) is 4.49. The molecule has 0 spiro atoms. The zero-order valence-electron chi connectivity index (χ0n) is 20.0. The third-order valence-corrected chi connectivity index (χ3v) is 7.54. The molecule has 3 aliphatic rings. The number of carbonyl (C=O) groups excluding carboxylic acids is 1. The van der Waals surface area contributed by atoms with E-state index in [0.717, 1.165) is 49.4 Å². The van der Waals surface area contributed by atoms with Crippen LogP contribution in [0.1, 0.15) is 69.8 Å². The molecule has 2 aromatic rings. The summed E-state index contributed by atoms with van der Waals surface area (Å²) in [6, 6.07) is 13.5. The van der Waals surface area contributed by atoms with Gasteiger partial charge >= 0.3 is 0 Å². The van der Waals surface area contributed by atoms with Gasteiger partial charge in [-0.25, -0.2) is 0 Å². The van der Waals surface area contributed by atoms with Crippen molar-refractivity contribution in [1.82, 2.24) is 15.1 Å². The summed E-state index contributed by atoms with van der Waals surface area (Å²) in [6.45, 7) is 16.5. The van der Waals surface area contributed by atoms with Crippen LogP contribution in [0.25, 0.3) is 0 Å². The predicted octanol–water partition coefficient (Wildman–Crippen LogP) is 5.42. The van der Waals surface area contributed by atoms with Crippen molar-refractivity contribution < 1.29 is 4.79 Å². The van der Waals surface area contributed by atoms with Crippen LogP contribution in [0.2, 0.25) is 0 Å². The van der Waals surface area contributed by atoms with Gasteiger partial charge in [0.2, 0.25) is 0 Å². The second kappa shape index (κ2) is 8.83. The fraction of sp³-hybridized carbons (Fsp3) is 0.414. The fourth-order valence-electron chi connectivity index (χ4n) is 5.91. The van der Waals surface area contributed by atoms with Crippen molar-refractivity contribution in [1.29, 1.82) is 0 Å². The van der Waals surface area contributed by atoms with E-state index in [-0.39, 0.29) is 11.9 Å². The molecule has 33 heavy (non-hydrogen) atoms. The highest BCUT2D eigenvalue weighted by Crippen LogP contribution is 2.35. The molecular weight excluding hydrogens is 406 g/mol. The Balaban J connectivity index is 1.23. The van der Waals surface area contributed by atoms with E-state index in [1.54, 1.807) is 0 Å². The van der Waals surface area contributed by atoms with Gasteiger partial charge in [-0.05, 0) is 81.3 Å². The maximum atomic E-state index is 13.1. The highest BCUT2D eigenvalue weighted by Gasteiger charge is 2.36. The topological polar surface area (TPSA) is 35.6 Å². The Morgan fingerprint density at radius 3 is 2.42 bits per heavy atom. The minimum atomic E-state index is 0.0485. The first-order chi connectivity index (χ1) is 15.9. The zero-order valence-corrected chi connectivity index (χ0v) is 20.0. The van der Waals surface area contributed by atoms with E-state index in [1.807, 2.05) is 4.90 Å². The SMILES string of the molecule is C=C1CCC(N2Cc3cc(C4CCN(Cc5cc(C)cc(C)c5)CC4)ccc3C2=O)C(=C)N1. The lowest BCUT2D eigenvalue weighted by atomic mass is 9.87. The fourth-order valence-corrected chi connectivity index (χ4v) is 5.91. The molecule has 5 rings (SSSR count). The van der Waals surface area contributed by atoms with Crippen molar-refractivity contribution >= 4 is 5.91 Å². The van der Waals surface area contributed by atoms with Crippen molar-refractivity contribution in [2.24, 2.45) is 0 Å².